The van der Waals surface area contributed by atoms with Crippen LogP contribution in [0.15, 0.2) is 63.9 Å². The zero-order chi connectivity index (χ0) is 18.3. The molecule has 0 radical (unpaired) electrons. The van der Waals surface area contributed by atoms with Crippen molar-refractivity contribution >= 4 is 32.8 Å². The first-order valence-corrected chi connectivity index (χ1v) is 10.1. The van der Waals surface area contributed by atoms with Gasteiger partial charge in [-0.05, 0) is 26.0 Å². The van der Waals surface area contributed by atoms with Crippen molar-refractivity contribution in [3.8, 4) is 0 Å². The highest BCUT2D eigenvalue weighted by molar-refractivity contribution is 8.15. The number of nitrogens with zero attached hydrogens (tertiary/aromatic N) is 1. The fraction of sp³-hybridized carbons (Fsp3) is 0.222. The van der Waals surface area contributed by atoms with Gasteiger partial charge < -0.3 is 4.74 Å². The molecule has 0 unspecified atom stereocenters. The fourth-order valence-electron chi connectivity index (χ4n) is 1.95. The highest BCUT2D eigenvalue weighted by Gasteiger charge is 2.17. The van der Waals surface area contributed by atoms with E-state index in [1.807, 2.05) is 13.0 Å². The average Bonchev–Trinajstić information content (AvgIpc) is 2.60. The number of hydrogen-bond donors (Lipinski definition) is 0. The van der Waals surface area contributed by atoms with Crippen molar-refractivity contribution in [2.75, 3.05) is 12.4 Å². The van der Waals surface area contributed by atoms with Crippen LogP contribution in [0.5, 0.6) is 0 Å². The Hall–Kier alpha value is -2.12. The summed E-state index contributed by atoms with van der Waals surface area (Å²) in [5.74, 6) is -0.422. The summed E-state index contributed by atoms with van der Waals surface area (Å²) in [7, 11) is -3.87. The number of ether oxygens (including phenoxy) is 1. The largest absolute Gasteiger partial charge is 0.465 e. The van der Waals surface area contributed by atoms with Gasteiger partial charge in [0.05, 0.1) is 17.3 Å². The first-order chi connectivity index (χ1) is 11.9. The maximum Gasteiger partial charge on any atom is 0.316 e. The molecule has 0 heterocycles. The first-order valence-electron chi connectivity index (χ1n) is 7.68. The van der Waals surface area contributed by atoms with Gasteiger partial charge in [-0.3, -0.25) is 4.79 Å². The van der Waals surface area contributed by atoms with Crippen LogP contribution in [0.25, 0.3) is 0 Å². The minimum atomic E-state index is -3.87. The van der Waals surface area contributed by atoms with Crippen molar-refractivity contribution in [2.24, 2.45) is 4.40 Å². The molecule has 0 aliphatic rings. The molecule has 0 saturated carbocycles. The highest BCUT2D eigenvalue weighted by atomic mass is 32.2. The molecular formula is C18H19NO4S2. The van der Waals surface area contributed by atoms with Crippen LogP contribution in [0.2, 0.25) is 0 Å². The second-order valence-electron chi connectivity index (χ2n) is 5.14. The lowest BCUT2D eigenvalue weighted by Crippen LogP contribution is -2.11. The number of sulfonamides is 1. The zero-order valence-electron chi connectivity index (χ0n) is 14.0. The van der Waals surface area contributed by atoms with Gasteiger partial charge >= 0.3 is 5.97 Å². The summed E-state index contributed by atoms with van der Waals surface area (Å²) < 4.78 is 34.0. The normalized spacial score (nSPS) is 12.0. The van der Waals surface area contributed by atoms with Crippen molar-refractivity contribution in [2.45, 2.75) is 18.7 Å². The van der Waals surface area contributed by atoms with E-state index >= 15 is 0 Å². The van der Waals surface area contributed by atoms with Gasteiger partial charge in [0.1, 0.15) is 5.04 Å². The maximum atomic E-state index is 12.6. The highest BCUT2D eigenvalue weighted by Crippen LogP contribution is 2.20. The monoisotopic (exact) mass is 377 g/mol. The second-order valence-corrected chi connectivity index (χ2v) is 7.71. The quantitative estimate of drug-likeness (QED) is 0.438. The van der Waals surface area contributed by atoms with E-state index in [0.29, 0.717) is 5.56 Å². The summed E-state index contributed by atoms with van der Waals surface area (Å²) in [5.41, 5.74) is 1.59. The van der Waals surface area contributed by atoms with E-state index in [9.17, 15) is 13.2 Å². The predicted molar refractivity (Wildman–Crippen MR) is 100 cm³/mol. The molecule has 2 rings (SSSR count). The lowest BCUT2D eigenvalue weighted by molar-refractivity contribution is -0.139. The topological polar surface area (TPSA) is 72.8 Å². The lowest BCUT2D eigenvalue weighted by atomic mass is 10.2. The molecule has 0 spiro atoms. The summed E-state index contributed by atoms with van der Waals surface area (Å²) in [4.78, 5) is 11.7. The smallest absolute Gasteiger partial charge is 0.316 e. The Kier molecular flexibility index (Phi) is 6.78. The minimum absolute atomic E-state index is 0.00894. The van der Waals surface area contributed by atoms with Crippen LogP contribution >= 0.6 is 11.8 Å². The molecule has 0 amide bonds. The van der Waals surface area contributed by atoms with Gasteiger partial charge in [-0.25, -0.2) is 0 Å². The van der Waals surface area contributed by atoms with Crippen molar-refractivity contribution in [3.05, 3.63) is 65.7 Å². The number of carbonyl (C=O) groups is 1. The number of aryl methyl sites for hydroxylation is 1. The molecule has 0 atom stereocenters. The van der Waals surface area contributed by atoms with Crippen LogP contribution in [0.3, 0.4) is 0 Å². The summed E-state index contributed by atoms with van der Waals surface area (Å²) in [6.07, 6.45) is 0. The number of esters is 1. The van der Waals surface area contributed by atoms with Crippen LogP contribution in [-0.2, 0) is 19.6 Å². The molecular weight excluding hydrogens is 358 g/mol. The molecule has 0 bridgehead atoms. The molecule has 2 aromatic carbocycles. The Balaban J connectivity index is 2.35. The molecule has 0 N–H and O–H groups in total. The Morgan fingerprint density at radius 1 is 1.08 bits per heavy atom. The van der Waals surface area contributed by atoms with E-state index in [1.165, 1.54) is 12.1 Å². The zero-order valence-corrected chi connectivity index (χ0v) is 15.6. The molecule has 0 fully saturated rings. The molecule has 0 aliphatic carbocycles. The second kappa shape index (κ2) is 8.82. The van der Waals surface area contributed by atoms with E-state index in [1.54, 1.807) is 43.3 Å². The average molecular weight is 377 g/mol. The van der Waals surface area contributed by atoms with Crippen LogP contribution < -0.4 is 0 Å². The summed E-state index contributed by atoms with van der Waals surface area (Å²) in [6.45, 7) is 3.87. The summed E-state index contributed by atoms with van der Waals surface area (Å²) >= 11 is 1.04. The molecule has 2 aromatic rings. The van der Waals surface area contributed by atoms with E-state index in [4.69, 9.17) is 4.74 Å². The third-order valence-corrected chi connectivity index (χ3v) is 5.56. The van der Waals surface area contributed by atoms with Crippen molar-refractivity contribution < 1.29 is 17.9 Å². The van der Waals surface area contributed by atoms with E-state index in [-0.39, 0.29) is 22.3 Å². The fourth-order valence-corrected chi connectivity index (χ4v) is 4.00. The lowest BCUT2D eigenvalue weighted by Gasteiger charge is -2.07. The van der Waals surface area contributed by atoms with Crippen LogP contribution in [0.4, 0.5) is 0 Å². The number of thioether (sulfide) groups is 1. The third-order valence-electron chi connectivity index (χ3n) is 3.17. The molecule has 0 aromatic heterocycles. The van der Waals surface area contributed by atoms with Gasteiger partial charge in [-0.1, -0.05) is 59.8 Å². The van der Waals surface area contributed by atoms with Gasteiger partial charge in [0, 0.05) is 5.56 Å². The van der Waals surface area contributed by atoms with Crippen molar-refractivity contribution in [1.29, 1.82) is 0 Å². The number of hydrogen-bond acceptors (Lipinski definition) is 5. The maximum absolute atomic E-state index is 12.6. The molecule has 0 saturated heterocycles. The van der Waals surface area contributed by atoms with Crippen LogP contribution in [0.1, 0.15) is 18.1 Å². The van der Waals surface area contributed by atoms with E-state index in [0.717, 1.165) is 17.3 Å². The number of rotatable bonds is 6. The Bertz CT molecular complexity index is 844. The SMILES string of the molecule is CCOC(=O)CS/C(=N/S(=O)(=O)c1ccc(C)cc1)c1ccccc1. The van der Waals surface area contributed by atoms with Crippen molar-refractivity contribution in [3.63, 3.8) is 0 Å². The van der Waals surface area contributed by atoms with Gasteiger partial charge in [0.25, 0.3) is 10.0 Å². The number of carbonyl (C=O) groups excluding carboxylic acids is 1. The Morgan fingerprint density at radius 3 is 2.32 bits per heavy atom. The van der Waals surface area contributed by atoms with Gasteiger partial charge in [0.2, 0.25) is 0 Å². The minimum Gasteiger partial charge on any atom is -0.465 e. The van der Waals surface area contributed by atoms with Crippen LogP contribution in [0, 0.1) is 6.92 Å². The molecule has 7 heteroatoms. The predicted octanol–water partition coefficient (Wildman–Crippen LogP) is 3.43. The van der Waals surface area contributed by atoms with Gasteiger partial charge in [-0.15, -0.1) is 0 Å². The molecule has 25 heavy (non-hydrogen) atoms. The molecule has 5 nitrogen and oxygen atoms in total. The molecule has 132 valence electrons. The summed E-state index contributed by atoms with van der Waals surface area (Å²) in [6, 6.07) is 15.4. The Labute approximate surface area is 152 Å². The van der Waals surface area contributed by atoms with Crippen molar-refractivity contribution in [1.82, 2.24) is 0 Å². The third kappa shape index (κ3) is 5.72. The van der Waals surface area contributed by atoms with E-state index in [2.05, 4.69) is 4.40 Å². The molecule has 0 aliphatic heterocycles. The standard InChI is InChI=1S/C18H19NO4S2/c1-3-23-17(20)13-24-18(15-7-5-4-6-8-15)19-25(21,22)16-11-9-14(2)10-12-16/h4-12H,3,13H2,1-2H3/b19-18+. The first kappa shape index (κ1) is 19.2. The summed E-state index contributed by atoms with van der Waals surface area (Å²) in [5, 5.41) is 0.259. The van der Waals surface area contributed by atoms with Gasteiger partial charge in [-0.2, -0.15) is 12.8 Å². The van der Waals surface area contributed by atoms with Crippen LogP contribution in [-0.4, -0.2) is 31.8 Å². The van der Waals surface area contributed by atoms with Gasteiger partial charge in [0.15, 0.2) is 0 Å². The van der Waals surface area contributed by atoms with E-state index < -0.39 is 16.0 Å². The Morgan fingerprint density at radius 2 is 1.72 bits per heavy atom. The number of benzene rings is 2.